The molecule has 2 heterocycles. The molecular weight excluding hydrogens is 519 g/mol. The van der Waals surface area contributed by atoms with Crippen LogP contribution in [0.3, 0.4) is 0 Å². The van der Waals surface area contributed by atoms with Crippen molar-refractivity contribution in [1.82, 2.24) is 14.5 Å². The first-order valence-corrected chi connectivity index (χ1v) is 13.3. The first kappa shape index (κ1) is 27.4. The maximum absolute atomic E-state index is 13.5. The number of benzene rings is 3. The summed E-state index contributed by atoms with van der Waals surface area (Å²) in [7, 11) is 0. The van der Waals surface area contributed by atoms with Crippen LogP contribution < -0.4 is 16.2 Å². The van der Waals surface area contributed by atoms with Crippen molar-refractivity contribution in [2.45, 2.75) is 32.4 Å². The second-order valence-corrected chi connectivity index (χ2v) is 10.0. The lowest BCUT2D eigenvalue weighted by atomic mass is 10.1. The molecule has 208 valence electrons. The number of halogens is 3. The van der Waals surface area contributed by atoms with Crippen LogP contribution in [0.25, 0.3) is 16.6 Å². The highest BCUT2D eigenvalue weighted by atomic mass is 19.4. The zero-order valence-corrected chi connectivity index (χ0v) is 22.1. The van der Waals surface area contributed by atoms with E-state index in [9.17, 15) is 22.8 Å². The van der Waals surface area contributed by atoms with E-state index in [4.69, 9.17) is 0 Å². The van der Waals surface area contributed by atoms with Crippen molar-refractivity contribution in [3.8, 4) is 5.69 Å². The highest BCUT2D eigenvalue weighted by molar-refractivity contribution is 6.04. The summed E-state index contributed by atoms with van der Waals surface area (Å²) in [6, 6.07) is 14.7. The van der Waals surface area contributed by atoms with Crippen molar-refractivity contribution >= 4 is 28.2 Å². The lowest BCUT2D eigenvalue weighted by Gasteiger charge is -2.26. The van der Waals surface area contributed by atoms with Crippen molar-refractivity contribution in [3.63, 3.8) is 0 Å². The van der Waals surface area contributed by atoms with Crippen molar-refractivity contribution in [3.05, 3.63) is 94.0 Å². The fourth-order valence-electron chi connectivity index (χ4n) is 4.93. The first-order valence-electron chi connectivity index (χ1n) is 13.3. The molecule has 5 rings (SSSR count). The average molecular weight is 550 g/mol. The number of amides is 1. The number of nitrogens with zero attached hydrogens (tertiary/aromatic N) is 3. The van der Waals surface area contributed by atoms with Gasteiger partial charge in [0.05, 0.1) is 22.2 Å². The summed E-state index contributed by atoms with van der Waals surface area (Å²) in [6.07, 6.45) is 0.640. The third kappa shape index (κ3) is 6.17. The molecule has 0 atom stereocenters. The minimum Gasteiger partial charge on any atom is -0.384 e. The van der Waals surface area contributed by atoms with Gasteiger partial charge < -0.3 is 15.5 Å². The number of piperidine rings is 1. The van der Waals surface area contributed by atoms with Gasteiger partial charge in [-0.25, -0.2) is 4.98 Å². The van der Waals surface area contributed by atoms with Gasteiger partial charge in [-0.2, -0.15) is 13.2 Å². The van der Waals surface area contributed by atoms with Crippen LogP contribution in [0.5, 0.6) is 0 Å². The van der Waals surface area contributed by atoms with Crippen LogP contribution in [-0.4, -0.2) is 46.5 Å². The number of anilines is 2. The van der Waals surface area contributed by atoms with Crippen molar-refractivity contribution in [1.29, 1.82) is 0 Å². The molecule has 1 aliphatic heterocycles. The SMILES string of the molecule is Cc1ccc(NC(=O)c2cccc(C(F)(F)F)c2)cc1-n1cnc2ccc(NCCN3CCCCC3)cc2c1=O. The Morgan fingerprint density at radius 3 is 2.52 bits per heavy atom. The number of likely N-dealkylation sites (tertiary alicyclic amines) is 1. The number of aryl methyl sites for hydroxylation is 1. The standard InChI is InChI=1S/C30H30F3N5O2/c1-20-8-9-24(36-28(39)21-6-5-7-22(16-21)30(31,32)33)18-27(20)38-19-35-26-11-10-23(17-25(26)29(38)40)34-12-15-37-13-3-2-4-14-37/h5-11,16-19,34H,2-4,12-15H2,1H3,(H,36,39). The Morgan fingerprint density at radius 2 is 1.75 bits per heavy atom. The van der Waals surface area contributed by atoms with E-state index < -0.39 is 17.6 Å². The predicted octanol–water partition coefficient (Wildman–Crippen LogP) is 5.86. The molecule has 4 aromatic rings. The summed E-state index contributed by atoms with van der Waals surface area (Å²) in [5.41, 5.74) is 1.70. The number of rotatable bonds is 7. The summed E-state index contributed by atoms with van der Waals surface area (Å²) in [5, 5.41) is 6.49. The third-order valence-electron chi connectivity index (χ3n) is 7.14. The van der Waals surface area contributed by atoms with E-state index in [-0.39, 0.29) is 11.1 Å². The number of hydrogen-bond acceptors (Lipinski definition) is 5. The fourth-order valence-corrected chi connectivity index (χ4v) is 4.93. The van der Waals surface area contributed by atoms with Gasteiger partial charge in [-0.1, -0.05) is 18.6 Å². The summed E-state index contributed by atoms with van der Waals surface area (Å²) < 4.78 is 40.7. The number of aromatic nitrogens is 2. The maximum Gasteiger partial charge on any atom is 0.416 e. The molecule has 0 spiro atoms. The van der Waals surface area contributed by atoms with Gasteiger partial charge in [-0.3, -0.25) is 14.2 Å². The van der Waals surface area contributed by atoms with E-state index in [1.54, 1.807) is 24.3 Å². The minimum absolute atomic E-state index is 0.123. The first-order chi connectivity index (χ1) is 19.2. The third-order valence-corrected chi connectivity index (χ3v) is 7.14. The Labute approximate surface area is 229 Å². The molecular formula is C30H30F3N5O2. The zero-order valence-electron chi connectivity index (χ0n) is 22.1. The number of fused-ring (bicyclic) bond motifs is 1. The van der Waals surface area contributed by atoms with E-state index in [0.717, 1.165) is 49.6 Å². The van der Waals surface area contributed by atoms with Crippen LogP contribution >= 0.6 is 0 Å². The van der Waals surface area contributed by atoms with E-state index in [1.807, 2.05) is 19.1 Å². The molecule has 0 saturated carbocycles. The Kier molecular flexibility index (Phi) is 7.88. The zero-order chi connectivity index (χ0) is 28.3. The van der Waals surface area contributed by atoms with Crippen molar-refractivity contribution in [2.75, 3.05) is 36.8 Å². The number of alkyl halides is 3. The van der Waals surface area contributed by atoms with Crippen LogP contribution in [-0.2, 0) is 6.18 Å². The summed E-state index contributed by atoms with van der Waals surface area (Å²) in [4.78, 5) is 33.2. The molecule has 0 radical (unpaired) electrons. The second kappa shape index (κ2) is 11.5. The Hall–Kier alpha value is -4.18. The number of carbonyl (C=O) groups excluding carboxylic acids is 1. The lowest BCUT2D eigenvalue weighted by molar-refractivity contribution is -0.137. The largest absolute Gasteiger partial charge is 0.416 e. The molecule has 7 nitrogen and oxygen atoms in total. The maximum atomic E-state index is 13.5. The van der Waals surface area contributed by atoms with E-state index in [2.05, 4.69) is 20.5 Å². The molecule has 1 aliphatic rings. The Morgan fingerprint density at radius 1 is 0.975 bits per heavy atom. The van der Waals surface area contributed by atoms with E-state index >= 15 is 0 Å². The van der Waals surface area contributed by atoms with Crippen LogP contribution in [0.15, 0.2) is 71.8 Å². The smallest absolute Gasteiger partial charge is 0.384 e. The quantitative estimate of drug-likeness (QED) is 0.302. The molecule has 1 amide bonds. The Balaban J connectivity index is 1.37. The normalized spacial score (nSPS) is 14.3. The molecule has 1 aromatic heterocycles. The Bertz CT molecular complexity index is 1590. The van der Waals surface area contributed by atoms with Crippen LogP contribution in [0.1, 0.15) is 40.7 Å². The van der Waals surface area contributed by atoms with E-state index in [1.165, 1.54) is 42.3 Å². The number of hydrogen-bond donors (Lipinski definition) is 2. The molecule has 3 aromatic carbocycles. The molecule has 10 heteroatoms. The van der Waals surface area contributed by atoms with Crippen LogP contribution in [0, 0.1) is 6.92 Å². The van der Waals surface area contributed by atoms with Crippen LogP contribution in [0.4, 0.5) is 24.5 Å². The highest BCUT2D eigenvalue weighted by Crippen LogP contribution is 2.30. The van der Waals surface area contributed by atoms with E-state index in [0.29, 0.717) is 22.3 Å². The van der Waals surface area contributed by atoms with Crippen LogP contribution in [0.2, 0.25) is 0 Å². The summed E-state index contributed by atoms with van der Waals surface area (Å²) in [5.74, 6) is -0.690. The topological polar surface area (TPSA) is 79.3 Å². The van der Waals surface area contributed by atoms with Gasteiger partial charge in [0.25, 0.3) is 11.5 Å². The fraction of sp³-hybridized carbons (Fsp3) is 0.300. The van der Waals surface area contributed by atoms with Gasteiger partial charge in [0, 0.05) is 30.0 Å². The van der Waals surface area contributed by atoms with Gasteiger partial charge in [-0.05, 0) is 86.9 Å². The second-order valence-electron chi connectivity index (χ2n) is 10.0. The van der Waals surface area contributed by atoms with Gasteiger partial charge in [0.2, 0.25) is 0 Å². The monoisotopic (exact) mass is 549 g/mol. The number of nitrogens with one attached hydrogen (secondary N) is 2. The number of carbonyl (C=O) groups is 1. The van der Waals surface area contributed by atoms with Gasteiger partial charge in [-0.15, -0.1) is 0 Å². The van der Waals surface area contributed by atoms with Gasteiger partial charge in [0.15, 0.2) is 0 Å². The molecule has 2 N–H and O–H groups in total. The molecule has 40 heavy (non-hydrogen) atoms. The summed E-state index contributed by atoms with van der Waals surface area (Å²) in [6.45, 7) is 5.77. The molecule has 1 saturated heterocycles. The minimum atomic E-state index is -4.56. The molecule has 0 aliphatic carbocycles. The lowest BCUT2D eigenvalue weighted by Crippen LogP contribution is -2.33. The molecule has 0 bridgehead atoms. The van der Waals surface area contributed by atoms with Gasteiger partial charge >= 0.3 is 6.18 Å². The summed E-state index contributed by atoms with van der Waals surface area (Å²) >= 11 is 0. The van der Waals surface area contributed by atoms with Crippen molar-refractivity contribution < 1.29 is 18.0 Å². The predicted molar refractivity (Wildman–Crippen MR) is 150 cm³/mol. The highest BCUT2D eigenvalue weighted by Gasteiger charge is 2.31. The van der Waals surface area contributed by atoms with Crippen molar-refractivity contribution in [2.24, 2.45) is 0 Å². The van der Waals surface area contributed by atoms with Gasteiger partial charge in [0.1, 0.15) is 6.33 Å². The molecule has 0 unspecified atom stereocenters. The molecule has 1 fully saturated rings. The average Bonchev–Trinajstić information content (AvgIpc) is 2.95.